The molecule has 8 heteroatoms. The summed E-state index contributed by atoms with van der Waals surface area (Å²) in [6, 6.07) is 11.8. The molecule has 0 aliphatic rings. The van der Waals surface area contributed by atoms with E-state index in [2.05, 4.69) is 4.74 Å². The molecule has 26 heavy (non-hydrogen) atoms. The molecule has 0 unspecified atom stereocenters. The molecule has 0 saturated carbocycles. The zero-order chi connectivity index (χ0) is 18.7. The van der Waals surface area contributed by atoms with Gasteiger partial charge >= 0.3 is 11.6 Å². The number of nitro groups is 1. The standard InChI is InChI=1S/C18H13NO7/c1-24-17(20)8-11-2-5-13(6-3-11)25-16-10-18(21)26-15-9-12(19(22)23)4-7-14(15)16/h2-7,9-10H,8H2,1H3. The van der Waals surface area contributed by atoms with Crippen molar-refractivity contribution in [3.05, 3.63) is 74.6 Å². The van der Waals surface area contributed by atoms with Gasteiger partial charge in [0.15, 0.2) is 0 Å². The zero-order valence-corrected chi connectivity index (χ0v) is 13.6. The molecule has 3 rings (SSSR count). The molecule has 0 N–H and O–H groups in total. The van der Waals surface area contributed by atoms with Crippen LogP contribution in [0.5, 0.6) is 11.5 Å². The Morgan fingerprint density at radius 1 is 1.15 bits per heavy atom. The van der Waals surface area contributed by atoms with Gasteiger partial charge in [-0.1, -0.05) is 12.1 Å². The highest BCUT2D eigenvalue weighted by atomic mass is 16.6. The smallest absolute Gasteiger partial charge is 0.339 e. The van der Waals surface area contributed by atoms with Crippen molar-refractivity contribution >= 4 is 22.6 Å². The van der Waals surface area contributed by atoms with Gasteiger partial charge in [-0.05, 0) is 23.8 Å². The molecule has 1 heterocycles. The number of nitro benzene ring substituents is 1. The molecule has 2 aromatic carbocycles. The van der Waals surface area contributed by atoms with E-state index in [0.717, 1.165) is 11.6 Å². The summed E-state index contributed by atoms with van der Waals surface area (Å²) in [4.78, 5) is 33.3. The number of ether oxygens (including phenoxy) is 2. The Morgan fingerprint density at radius 2 is 1.88 bits per heavy atom. The topological polar surface area (TPSA) is 109 Å². The van der Waals surface area contributed by atoms with Gasteiger partial charge in [0, 0.05) is 6.07 Å². The quantitative estimate of drug-likeness (QED) is 0.299. The Morgan fingerprint density at radius 3 is 2.54 bits per heavy atom. The first-order chi connectivity index (χ1) is 12.5. The summed E-state index contributed by atoms with van der Waals surface area (Å²) in [6.07, 6.45) is 0.137. The second kappa shape index (κ2) is 7.06. The lowest BCUT2D eigenvalue weighted by molar-refractivity contribution is -0.384. The molecule has 0 saturated heterocycles. The van der Waals surface area contributed by atoms with E-state index in [1.54, 1.807) is 24.3 Å². The monoisotopic (exact) mass is 355 g/mol. The van der Waals surface area contributed by atoms with Crippen LogP contribution in [0.25, 0.3) is 11.0 Å². The van der Waals surface area contributed by atoms with Gasteiger partial charge in [-0.3, -0.25) is 14.9 Å². The van der Waals surface area contributed by atoms with Crippen molar-refractivity contribution < 1.29 is 23.6 Å². The highest BCUT2D eigenvalue weighted by Gasteiger charge is 2.13. The molecule has 0 radical (unpaired) electrons. The Kier molecular flexibility index (Phi) is 4.66. The van der Waals surface area contributed by atoms with Gasteiger partial charge in [-0.25, -0.2) is 4.79 Å². The molecule has 3 aromatic rings. The van der Waals surface area contributed by atoms with Crippen LogP contribution in [0.1, 0.15) is 5.56 Å². The first-order valence-corrected chi connectivity index (χ1v) is 7.52. The molecule has 1 aromatic heterocycles. The fourth-order valence-corrected chi connectivity index (χ4v) is 2.36. The van der Waals surface area contributed by atoms with Gasteiger partial charge in [-0.15, -0.1) is 0 Å². The predicted molar refractivity (Wildman–Crippen MR) is 91.4 cm³/mol. The van der Waals surface area contributed by atoms with Gasteiger partial charge < -0.3 is 13.9 Å². The van der Waals surface area contributed by atoms with Crippen LogP contribution < -0.4 is 10.4 Å². The first-order valence-electron chi connectivity index (χ1n) is 7.52. The molecule has 132 valence electrons. The lowest BCUT2D eigenvalue weighted by Crippen LogP contribution is -2.04. The SMILES string of the molecule is COC(=O)Cc1ccc(Oc2cc(=O)oc3cc([N+](=O)[O-])ccc23)cc1. The number of fused-ring (bicyclic) bond motifs is 1. The normalized spacial score (nSPS) is 10.5. The number of hydrogen-bond acceptors (Lipinski definition) is 7. The summed E-state index contributed by atoms with van der Waals surface area (Å²) < 4.78 is 15.3. The fraction of sp³-hybridized carbons (Fsp3) is 0.111. The van der Waals surface area contributed by atoms with Gasteiger partial charge in [0.25, 0.3) is 5.69 Å². The van der Waals surface area contributed by atoms with E-state index in [1.807, 2.05) is 0 Å². The third-order valence-electron chi connectivity index (χ3n) is 3.63. The van der Waals surface area contributed by atoms with E-state index in [9.17, 15) is 19.7 Å². The number of carbonyl (C=O) groups excluding carboxylic acids is 1. The van der Waals surface area contributed by atoms with Crippen LogP contribution in [0.2, 0.25) is 0 Å². The van der Waals surface area contributed by atoms with Gasteiger partial charge in [0.05, 0.1) is 36.0 Å². The van der Waals surface area contributed by atoms with Crippen LogP contribution in [0, 0.1) is 10.1 Å². The van der Waals surface area contributed by atoms with Crippen molar-refractivity contribution in [1.29, 1.82) is 0 Å². The summed E-state index contributed by atoms with van der Waals surface area (Å²) in [7, 11) is 1.32. The Balaban J connectivity index is 1.92. The number of nitrogens with zero attached hydrogens (tertiary/aromatic N) is 1. The average Bonchev–Trinajstić information content (AvgIpc) is 2.62. The second-order valence-electron chi connectivity index (χ2n) is 5.37. The largest absolute Gasteiger partial charge is 0.469 e. The molecule has 0 fully saturated rings. The van der Waals surface area contributed by atoms with Crippen molar-refractivity contribution in [3.8, 4) is 11.5 Å². The van der Waals surface area contributed by atoms with Crippen molar-refractivity contribution in [1.82, 2.24) is 0 Å². The minimum absolute atomic E-state index is 0.0593. The summed E-state index contributed by atoms with van der Waals surface area (Å²) in [5.41, 5.74) is -0.0680. The Labute approximate surface area is 146 Å². The number of hydrogen-bond donors (Lipinski definition) is 0. The van der Waals surface area contributed by atoms with E-state index >= 15 is 0 Å². The lowest BCUT2D eigenvalue weighted by Gasteiger charge is -2.08. The maximum absolute atomic E-state index is 11.7. The highest BCUT2D eigenvalue weighted by molar-refractivity contribution is 5.85. The molecule has 0 amide bonds. The molecule has 0 aliphatic carbocycles. The number of benzene rings is 2. The number of esters is 1. The van der Waals surface area contributed by atoms with E-state index in [4.69, 9.17) is 9.15 Å². The molecule has 8 nitrogen and oxygen atoms in total. The van der Waals surface area contributed by atoms with Crippen LogP contribution in [-0.2, 0) is 16.0 Å². The zero-order valence-electron chi connectivity index (χ0n) is 13.6. The first kappa shape index (κ1) is 17.2. The number of rotatable bonds is 5. The molecule has 0 bridgehead atoms. The van der Waals surface area contributed by atoms with Gasteiger partial charge in [0.2, 0.25) is 0 Å². The second-order valence-corrected chi connectivity index (χ2v) is 5.37. The van der Waals surface area contributed by atoms with Crippen molar-refractivity contribution in [2.75, 3.05) is 7.11 Å². The van der Waals surface area contributed by atoms with Crippen molar-refractivity contribution in [2.45, 2.75) is 6.42 Å². The Hall–Kier alpha value is -3.68. The van der Waals surface area contributed by atoms with Crippen molar-refractivity contribution in [3.63, 3.8) is 0 Å². The number of non-ortho nitro benzene ring substituents is 1. The van der Waals surface area contributed by atoms with E-state index in [1.165, 1.54) is 25.3 Å². The molecule has 0 aliphatic heterocycles. The summed E-state index contributed by atoms with van der Waals surface area (Å²) in [5, 5.41) is 11.3. The maximum atomic E-state index is 11.7. The van der Waals surface area contributed by atoms with Crippen LogP contribution in [0.4, 0.5) is 5.69 Å². The van der Waals surface area contributed by atoms with Crippen LogP contribution in [-0.4, -0.2) is 18.0 Å². The third-order valence-corrected chi connectivity index (χ3v) is 3.63. The molecular formula is C18H13NO7. The average molecular weight is 355 g/mol. The van der Waals surface area contributed by atoms with Crippen molar-refractivity contribution in [2.24, 2.45) is 0 Å². The van der Waals surface area contributed by atoms with E-state index < -0.39 is 10.5 Å². The molecule has 0 atom stereocenters. The summed E-state index contributed by atoms with van der Waals surface area (Å²) >= 11 is 0. The van der Waals surface area contributed by atoms with Gasteiger partial charge in [0.1, 0.15) is 17.1 Å². The predicted octanol–water partition coefficient (Wildman–Crippen LogP) is 3.21. The van der Waals surface area contributed by atoms with Crippen LogP contribution in [0.3, 0.4) is 0 Å². The fourth-order valence-electron chi connectivity index (χ4n) is 2.36. The lowest BCUT2D eigenvalue weighted by atomic mass is 10.1. The molecule has 0 spiro atoms. The summed E-state index contributed by atoms with van der Waals surface area (Å²) in [6.45, 7) is 0. The third kappa shape index (κ3) is 3.69. The highest BCUT2D eigenvalue weighted by Crippen LogP contribution is 2.30. The minimum atomic E-state index is -0.685. The van der Waals surface area contributed by atoms with Crippen LogP contribution in [0.15, 0.2) is 57.7 Å². The Bertz CT molecular complexity index is 1040. The summed E-state index contributed by atoms with van der Waals surface area (Å²) in [5.74, 6) is 0.294. The minimum Gasteiger partial charge on any atom is -0.469 e. The van der Waals surface area contributed by atoms with Gasteiger partial charge in [-0.2, -0.15) is 0 Å². The number of methoxy groups -OCH3 is 1. The number of carbonyl (C=O) groups is 1. The van der Waals surface area contributed by atoms with E-state index in [0.29, 0.717) is 11.1 Å². The maximum Gasteiger partial charge on any atom is 0.339 e. The van der Waals surface area contributed by atoms with E-state index in [-0.39, 0.29) is 29.4 Å². The molecular weight excluding hydrogens is 342 g/mol. The van der Waals surface area contributed by atoms with Crippen LogP contribution >= 0.6 is 0 Å².